The van der Waals surface area contributed by atoms with Crippen LogP contribution in [0.2, 0.25) is 5.02 Å². The molecule has 2 aromatic heterocycles. The number of rotatable bonds is 7. The monoisotopic (exact) mass is 554 g/mol. The van der Waals surface area contributed by atoms with Crippen molar-refractivity contribution in [3.05, 3.63) is 70.8 Å². The molecule has 2 aromatic carbocycles. The van der Waals surface area contributed by atoms with Crippen LogP contribution in [0, 0.1) is 17.8 Å². The quantitative estimate of drug-likeness (QED) is 0.206. The van der Waals surface area contributed by atoms with Crippen molar-refractivity contribution in [3.63, 3.8) is 0 Å². The van der Waals surface area contributed by atoms with Gasteiger partial charge >= 0.3 is 0 Å². The van der Waals surface area contributed by atoms with Crippen LogP contribution in [0.15, 0.2) is 54.6 Å². The van der Waals surface area contributed by atoms with Crippen LogP contribution in [0.3, 0.4) is 0 Å². The lowest BCUT2D eigenvalue weighted by molar-refractivity contribution is 0.190. The minimum Gasteiger partial charge on any atom is -0.383 e. The standard InChI is InChI=1S/C31H35ClN8/c1-7-19-15-33-28-22(27(19)34-18-30(2,3)4)13-20(14-24(28)32)36-29(25-17-40(38-37-25)31(5)11-12-31)21-9-8-10-26-23(21)16-35-39(26)6/h1,8-10,13-17,29,36-38H,11-12,18H2,2-6H3,(H,33,34)/t29-/m0/s1. The molecule has 6 rings (SSSR count). The number of terminal acetylenes is 1. The molecule has 206 valence electrons. The van der Waals surface area contributed by atoms with Gasteiger partial charge in [0.25, 0.3) is 0 Å². The topological polar surface area (TPSA) is 82.1 Å². The summed E-state index contributed by atoms with van der Waals surface area (Å²) in [5.74, 6) is 2.79. The number of aromatic nitrogens is 3. The number of halogens is 1. The molecule has 0 radical (unpaired) electrons. The zero-order chi connectivity index (χ0) is 28.2. The minimum atomic E-state index is -0.212. The number of hydrogen-bond donors (Lipinski definition) is 4. The number of hydrazine groups is 2. The number of nitrogens with zero attached hydrogens (tertiary/aromatic N) is 4. The molecule has 3 heterocycles. The molecule has 0 bridgehead atoms. The first-order valence-electron chi connectivity index (χ1n) is 13.6. The molecule has 40 heavy (non-hydrogen) atoms. The van der Waals surface area contributed by atoms with Gasteiger partial charge in [0, 0.05) is 42.4 Å². The molecule has 4 N–H and O–H groups in total. The molecule has 0 saturated heterocycles. The van der Waals surface area contributed by atoms with Crippen LogP contribution in [-0.2, 0) is 7.05 Å². The Kier molecular flexibility index (Phi) is 6.32. The number of pyridine rings is 1. The van der Waals surface area contributed by atoms with Crippen LogP contribution >= 0.6 is 11.6 Å². The number of nitrogens with one attached hydrogen (secondary N) is 4. The first-order valence-corrected chi connectivity index (χ1v) is 14.0. The minimum absolute atomic E-state index is 0.0618. The highest BCUT2D eigenvalue weighted by Gasteiger charge is 2.44. The van der Waals surface area contributed by atoms with Gasteiger partial charge in [-0.25, -0.2) is 0 Å². The summed E-state index contributed by atoms with van der Waals surface area (Å²) in [6.45, 7) is 9.56. The van der Waals surface area contributed by atoms with Crippen molar-refractivity contribution in [1.82, 2.24) is 30.7 Å². The van der Waals surface area contributed by atoms with Gasteiger partial charge in [0.1, 0.15) is 0 Å². The third-order valence-electron chi connectivity index (χ3n) is 7.78. The van der Waals surface area contributed by atoms with Crippen molar-refractivity contribution in [2.45, 2.75) is 52.1 Å². The van der Waals surface area contributed by atoms with Crippen molar-refractivity contribution in [1.29, 1.82) is 0 Å². The summed E-state index contributed by atoms with van der Waals surface area (Å²) in [4.78, 5) is 4.61. The second kappa shape index (κ2) is 9.61. The van der Waals surface area contributed by atoms with Crippen molar-refractivity contribution in [3.8, 4) is 12.3 Å². The summed E-state index contributed by atoms with van der Waals surface area (Å²) < 4.78 is 1.90. The van der Waals surface area contributed by atoms with Crippen LogP contribution in [0.25, 0.3) is 21.8 Å². The molecule has 4 aromatic rings. The Morgan fingerprint density at radius 3 is 2.73 bits per heavy atom. The van der Waals surface area contributed by atoms with E-state index in [0.717, 1.165) is 58.3 Å². The lowest BCUT2D eigenvalue weighted by Gasteiger charge is -2.24. The largest absolute Gasteiger partial charge is 0.383 e. The van der Waals surface area contributed by atoms with Crippen molar-refractivity contribution < 1.29 is 0 Å². The number of anilines is 2. The summed E-state index contributed by atoms with van der Waals surface area (Å²) in [5.41, 5.74) is 13.3. The fraction of sp³-hybridized carbons (Fsp3) is 0.355. The molecule has 1 aliphatic heterocycles. The predicted molar refractivity (Wildman–Crippen MR) is 164 cm³/mol. The Morgan fingerprint density at radius 2 is 2.00 bits per heavy atom. The molecule has 1 aliphatic carbocycles. The molecular weight excluding hydrogens is 520 g/mol. The third-order valence-corrected chi connectivity index (χ3v) is 8.07. The zero-order valence-corrected chi connectivity index (χ0v) is 24.3. The Labute approximate surface area is 240 Å². The summed E-state index contributed by atoms with van der Waals surface area (Å²) >= 11 is 6.85. The van der Waals surface area contributed by atoms with Crippen LogP contribution in [0.4, 0.5) is 11.4 Å². The Bertz CT molecular complexity index is 1690. The van der Waals surface area contributed by atoms with Gasteiger partial charge in [0.15, 0.2) is 0 Å². The molecule has 0 unspecified atom stereocenters. The van der Waals surface area contributed by atoms with Gasteiger partial charge in [-0.05, 0) is 48.9 Å². The van der Waals surface area contributed by atoms with E-state index in [-0.39, 0.29) is 17.0 Å². The first kappa shape index (κ1) is 26.3. The number of fused-ring (bicyclic) bond motifs is 2. The third kappa shape index (κ3) is 4.80. The smallest absolute Gasteiger partial charge is 0.0951 e. The van der Waals surface area contributed by atoms with Crippen molar-refractivity contribution in [2.24, 2.45) is 12.5 Å². The van der Waals surface area contributed by atoms with E-state index in [1.807, 2.05) is 24.0 Å². The lowest BCUT2D eigenvalue weighted by atomic mass is 9.96. The SMILES string of the molecule is C#Cc1cnc2c(Cl)cc(N[C@H](C3=CN(C4(C)CC4)NN3)c3cccc4c3cnn4C)cc2c1NCC(C)(C)C. The highest BCUT2D eigenvalue weighted by Crippen LogP contribution is 2.43. The fourth-order valence-electron chi connectivity index (χ4n) is 5.13. The van der Waals surface area contributed by atoms with Gasteiger partial charge in [-0.1, -0.05) is 50.4 Å². The van der Waals surface area contributed by atoms with Crippen LogP contribution < -0.4 is 21.6 Å². The molecule has 0 amide bonds. The van der Waals surface area contributed by atoms with Crippen LogP contribution in [-0.4, -0.2) is 31.9 Å². The van der Waals surface area contributed by atoms with E-state index in [1.165, 1.54) is 0 Å². The van der Waals surface area contributed by atoms with Gasteiger partial charge < -0.3 is 16.1 Å². The Morgan fingerprint density at radius 1 is 1.20 bits per heavy atom. The van der Waals surface area contributed by atoms with Crippen LogP contribution in [0.1, 0.15) is 57.7 Å². The summed E-state index contributed by atoms with van der Waals surface area (Å²) in [5, 5.41) is 16.6. The van der Waals surface area contributed by atoms with Gasteiger partial charge in [0.05, 0.1) is 50.8 Å². The second-order valence-corrected chi connectivity index (χ2v) is 12.7. The molecule has 2 aliphatic rings. The summed E-state index contributed by atoms with van der Waals surface area (Å²) in [6.07, 6.45) is 14.0. The lowest BCUT2D eigenvalue weighted by Crippen LogP contribution is -2.43. The second-order valence-electron chi connectivity index (χ2n) is 12.3. The maximum absolute atomic E-state index is 6.85. The van der Waals surface area contributed by atoms with E-state index < -0.39 is 0 Å². The average molecular weight is 555 g/mol. The van der Waals surface area contributed by atoms with E-state index in [9.17, 15) is 0 Å². The Balaban J connectivity index is 1.46. The molecular formula is C31H35ClN8. The maximum atomic E-state index is 6.85. The van der Waals surface area contributed by atoms with E-state index >= 15 is 0 Å². The van der Waals surface area contributed by atoms with Crippen LogP contribution in [0.5, 0.6) is 0 Å². The number of aryl methyl sites for hydroxylation is 1. The average Bonchev–Trinajstić information content (AvgIpc) is 3.30. The number of hydrogen-bond acceptors (Lipinski definition) is 7. The summed E-state index contributed by atoms with van der Waals surface area (Å²) in [6, 6.07) is 10.1. The zero-order valence-electron chi connectivity index (χ0n) is 23.6. The maximum Gasteiger partial charge on any atom is 0.0951 e. The van der Waals surface area contributed by atoms with Crippen molar-refractivity contribution >= 4 is 44.8 Å². The molecule has 1 fully saturated rings. The molecule has 9 heteroatoms. The number of benzene rings is 2. The van der Waals surface area contributed by atoms with E-state index in [2.05, 4.69) is 101 Å². The molecule has 8 nitrogen and oxygen atoms in total. The first-order chi connectivity index (χ1) is 19.1. The van der Waals surface area contributed by atoms with Gasteiger partial charge in [-0.15, -0.1) is 12.0 Å². The normalized spacial score (nSPS) is 16.9. The molecule has 1 saturated carbocycles. The van der Waals surface area contributed by atoms with Gasteiger partial charge in [-0.2, -0.15) is 5.10 Å². The fourth-order valence-corrected chi connectivity index (χ4v) is 5.39. The highest BCUT2D eigenvalue weighted by molar-refractivity contribution is 6.35. The van der Waals surface area contributed by atoms with E-state index in [0.29, 0.717) is 16.1 Å². The predicted octanol–water partition coefficient (Wildman–Crippen LogP) is 6.09. The van der Waals surface area contributed by atoms with Gasteiger partial charge in [-0.3, -0.25) is 14.7 Å². The van der Waals surface area contributed by atoms with E-state index in [4.69, 9.17) is 18.0 Å². The molecule has 1 atom stereocenters. The van der Waals surface area contributed by atoms with Crippen molar-refractivity contribution in [2.75, 3.05) is 17.2 Å². The summed E-state index contributed by atoms with van der Waals surface area (Å²) in [7, 11) is 1.96. The Hall–Kier alpha value is -3.93. The van der Waals surface area contributed by atoms with Gasteiger partial charge in [0.2, 0.25) is 0 Å². The van der Waals surface area contributed by atoms with E-state index in [1.54, 1.807) is 6.20 Å². The molecule has 0 spiro atoms. The highest BCUT2D eigenvalue weighted by atomic mass is 35.5.